The highest BCUT2D eigenvalue weighted by Crippen LogP contribution is 2.21. The van der Waals surface area contributed by atoms with Gasteiger partial charge in [0, 0.05) is 30.7 Å². The Bertz CT molecular complexity index is 678. The van der Waals surface area contributed by atoms with Gasteiger partial charge in [-0.15, -0.1) is 0 Å². The van der Waals surface area contributed by atoms with Crippen LogP contribution in [-0.4, -0.2) is 24.0 Å². The molecule has 1 fully saturated rings. The molecule has 4 nitrogen and oxygen atoms in total. The number of aryl methyl sites for hydroxylation is 1. The first-order valence-electron chi connectivity index (χ1n) is 8.38. The fourth-order valence-corrected chi connectivity index (χ4v) is 3.03. The molecule has 1 amide bonds. The zero-order valence-electron chi connectivity index (χ0n) is 13.6. The van der Waals surface area contributed by atoms with E-state index in [0.29, 0.717) is 5.69 Å². The van der Waals surface area contributed by atoms with Crippen molar-refractivity contribution in [3.63, 3.8) is 0 Å². The lowest BCUT2D eigenvalue weighted by Gasteiger charge is -2.28. The maximum Gasteiger partial charge on any atom is 0.274 e. The average molecular weight is 309 g/mol. The number of benzene rings is 1. The quantitative estimate of drug-likeness (QED) is 0.932. The summed E-state index contributed by atoms with van der Waals surface area (Å²) >= 11 is 0. The maximum absolute atomic E-state index is 12.5. The molecule has 0 bridgehead atoms. The van der Waals surface area contributed by atoms with E-state index in [0.717, 1.165) is 36.4 Å². The number of hydrogen-bond acceptors (Lipinski definition) is 3. The number of rotatable bonds is 4. The van der Waals surface area contributed by atoms with Gasteiger partial charge in [0.15, 0.2) is 0 Å². The largest absolute Gasteiger partial charge is 0.371 e. The third-order valence-corrected chi connectivity index (χ3v) is 4.34. The van der Waals surface area contributed by atoms with Gasteiger partial charge in [-0.1, -0.05) is 25.1 Å². The molecule has 0 unspecified atom stereocenters. The first kappa shape index (κ1) is 15.5. The average Bonchev–Trinajstić information content (AvgIpc) is 2.63. The van der Waals surface area contributed by atoms with Crippen LogP contribution >= 0.6 is 0 Å². The molecule has 0 radical (unpaired) electrons. The molecule has 0 aliphatic carbocycles. The van der Waals surface area contributed by atoms with Gasteiger partial charge in [0.1, 0.15) is 5.69 Å². The Morgan fingerprint density at radius 2 is 1.96 bits per heavy atom. The lowest BCUT2D eigenvalue weighted by Crippen LogP contribution is -2.29. The van der Waals surface area contributed by atoms with Gasteiger partial charge < -0.3 is 10.2 Å². The van der Waals surface area contributed by atoms with Crippen LogP contribution in [0.4, 0.5) is 11.4 Å². The molecule has 1 aromatic carbocycles. The minimum Gasteiger partial charge on any atom is -0.371 e. The van der Waals surface area contributed by atoms with Crippen LogP contribution in [0.1, 0.15) is 42.2 Å². The van der Waals surface area contributed by atoms with Crippen molar-refractivity contribution < 1.29 is 4.79 Å². The van der Waals surface area contributed by atoms with Gasteiger partial charge in [0.05, 0.1) is 0 Å². The van der Waals surface area contributed by atoms with Crippen molar-refractivity contribution in [3.8, 4) is 0 Å². The van der Waals surface area contributed by atoms with Crippen LogP contribution in [0.25, 0.3) is 0 Å². The Balaban J connectivity index is 1.77. The van der Waals surface area contributed by atoms with E-state index in [1.807, 2.05) is 36.4 Å². The van der Waals surface area contributed by atoms with Gasteiger partial charge in [-0.3, -0.25) is 9.78 Å². The van der Waals surface area contributed by atoms with Gasteiger partial charge in [-0.2, -0.15) is 0 Å². The van der Waals surface area contributed by atoms with Crippen molar-refractivity contribution in [2.24, 2.45) is 0 Å². The summed E-state index contributed by atoms with van der Waals surface area (Å²) < 4.78 is 0. The number of anilines is 2. The fraction of sp³-hybridized carbons (Fsp3) is 0.368. The minimum absolute atomic E-state index is 0.148. The second kappa shape index (κ2) is 7.27. The molecule has 23 heavy (non-hydrogen) atoms. The standard InChI is InChI=1S/C19H23N3O/c1-2-15-8-4-5-9-17(15)21-19(23)18-14-16(10-11-20-18)22-12-6-3-7-13-22/h4-5,8-11,14H,2-3,6-7,12-13H2,1H3,(H,21,23). The minimum atomic E-state index is -0.148. The molecular weight excluding hydrogens is 286 g/mol. The molecule has 3 rings (SSSR count). The number of para-hydroxylation sites is 1. The molecule has 1 aliphatic rings. The summed E-state index contributed by atoms with van der Waals surface area (Å²) in [4.78, 5) is 19.1. The van der Waals surface area contributed by atoms with E-state index in [1.165, 1.54) is 19.3 Å². The van der Waals surface area contributed by atoms with E-state index in [-0.39, 0.29) is 5.91 Å². The van der Waals surface area contributed by atoms with Crippen LogP contribution < -0.4 is 10.2 Å². The number of amides is 1. The van der Waals surface area contributed by atoms with Gasteiger partial charge in [0.2, 0.25) is 0 Å². The molecule has 0 saturated carbocycles. The van der Waals surface area contributed by atoms with Crippen LogP contribution in [0.3, 0.4) is 0 Å². The summed E-state index contributed by atoms with van der Waals surface area (Å²) in [6.45, 7) is 4.20. The van der Waals surface area contributed by atoms with Crippen LogP contribution in [0.2, 0.25) is 0 Å². The van der Waals surface area contributed by atoms with Crippen LogP contribution in [-0.2, 0) is 6.42 Å². The number of pyridine rings is 1. The van der Waals surface area contributed by atoms with Crippen molar-refractivity contribution in [2.45, 2.75) is 32.6 Å². The lowest BCUT2D eigenvalue weighted by atomic mass is 10.1. The van der Waals surface area contributed by atoms with Gasteiger partial charge >= 0.3 is 0 Å². The molecular formula is C19H23N3O. The molecule has 4 heteroatoms. The van der Waals surface area contributed by atoms with Crippen molar-refractivity contribution in [3.05, 3.63) is 53.9 Å². The van der Waals surface area contributed by atoms with Crippen LogP contribution in [0, 0.1) is 0 Å². The van der Waals surface area contributed by atoms with Crippen molar-refractivity contribution in [1.29, 1.82) is 0 Å². The molecule has 120 valence electrons. The van der Waals surface area contributed by atoms with Crippen molar-refractivity contribution >= 4 is 17.3 Å². The third-order valence-electron chi connectivity index (χ3n) is 4.34. The summed E-state index contributed by atoms with van der Waals surface area (Å²) in [5.74, 6) is -0.148. The zero-order chi connectivity index (χ0) is 16.1. The highest BCUT2D eigenvalue weighted by Gasteiger charge is 2.14. The Kier molecular flexibility index (Phi) is 4.91. The maximum atomic E-state index is 12.5. The summed E-state index contributed by atoms with van der Waals surface area (Å²) in [6.07, 6.45) is 6.34. The topological polar surface area (TPSA) is 45.2 Å². The number of hydrogen-bond donors (Lipinski definition) is 1. The number of aromatic nitrogens is 1. The van der Waals surface area contributed by atoms with Gasteiger partial charge in [-0.05, 0) is 49.4 Å². The van der Waals surface area contributed by atoms with Crippen molar-refractivity contribution in [2.75, 3.05) is 23.3 Å². The van der Waals surface area contributed by atoms with E-state index >= 15 is 0 Å². The summed E-state index contributed by atoms with van der Waals surface area (Å²) in [5, 5.41) is 2.99. The molecule has 2 heterocycles. The third kappa shape index (κ3) is 3.70. The number of nitrogens with zero attached hydrogens (tertiary/aromatic N) is 2. The molecule has 1 saturated heterocycles. The number of carbonyl (C=O) groups is 1. The molecule has 1 aliphatic heterocycles. The van der Waals surface area contributed by atoms with Gasteiger partial charge in [-0.25, -0.2) is 0 Å². The zero-order valence-corrected chi connectivity index (χ0v) is 13.6. The van der Waals surface area contributed by atoms with E-state index in [2.05, 4.69) is 22.1 Å². The first-order chi connectivity index (χ1) is 11.3. The Morgan fingerprint density at radius 3 is 2.74 bits per heavy atom. The highest BCUT2D eigenvalue weighted by molar-refractivity contribution is 6.03. The highest BCUT2D eigenvalue weighted by atomic mass is 16.1. The molecule has 1 N–H and O–H groups in total. The Morgan fingerprint density at radius 1 is 1.17 bits per heavy atom. The normalized spacial score (nSPS) is 14.6. The summed E-state index contributed by atoms with van der Waals surface area (Å²) in [6, 6.07) is 11.8. The summed E-state index contributed by atoms with van der Waals surface area (Å²) in [7, 11) is 0. The molecule has 2 aromatic rings. The predicted octanol–water partition coefficient (Wildman–Crippen LogP) is 3.89. The summed E-state index contributed by atoms with van der Waals surface area (Å²) in [5.41, 5.74) is 3.56. The van der Waals surface area contributed by atoms with Crippen LogP contribution in [0.5, 0.6) is 0 Å². The lowest BCUT2D eigenvalue weighted by molar-refractivity contribution is 0.102. The van der Waals surface area contributed by atoms with Crippen LogP contribution in [0.15, 0.2) is 42.6 Å². The van der Waals surface area contributed by atoms with E-state index in [1.54, 1.807) is 6.20 Å². The van der Waals surface area contributed by atoms with E-state index < -0.39 is 0 Å². The Labute approximate surface area is 137 Å². The number of piperidine rings is 1. The van der Waals surface area contributed by atoms with Gasteiger partial charge in [0.25, 0.3) is 5.91 Å². The second-order valence-electron chi connectivity index (χ2n) is 5.91. The molecule has 1 aromatic heterocycles. The first-order valence-corrected chi connectivity index (χ1v) is 8.38. The van der Waals surface area contributed by atoms with E-state index in [9.17, 15) is 4.79 Å². The molecule has 0 spiro atoms. The second-order valence-corrected chi connectivity index (χ2v) is 5.91. The predicted molar refractivity (Wildman–Crippen MR) is 94.1 cm³/mol. The van der Waals surface area contributed by atoms with Crippen molar-refractivity contribution in [1.82, 2.24) is 4.98 Å². The SMILES string of the molecule is CCc1ccccc1NC(=O)c1cc(N2CCCCC2)ccn1. The number of nitrogens with one attached hydrogen (secondary N) is 1. The smallest absolute Gasteiger partial charge is 0.274 e. The fourth-order valence-electron chi connectivity index (χ4n) is 3.03. The monoisotopic (exact) mass is 309 g/mol. The molecule has 0 atom stereocenters. The Hall–Kier alpha value is -2.36. The number of carbonyl (C=O) groups excluding carboxylic acids is 1. The van der Waals surface area contributed by atoms with E-state index in [4.69, 9.17) is 0 Å².